The number of hydrogen-bond acceptors (Lipinski definition) is 8. The number of amides is 2. The Morgan fingerprint density at radius 2 is 1.81 bits per heavy atom. The van der Waals surface area contributed by atoms with Crippen molar-refractivity contribution in [2.75, 3.05) is 7.11 Å². The van der Waals surface area contributed by atoms with Crippen molar-refractivity contribution in [3.63, 3.8) is 0 Å². The van der Waals surface area contributed by atoms with E-state index in [1.165, 1.54) is 19.4 Å². The molecule has 1 aliphatic rings. The third-order valence-electron chi connectivity index (χ3n) is 6.97. The van der Waals surface area contributed by atoms with Gasteiger partial charge in [-0.25, -0.2) is 9.78 Å². The quantitative estimate of drug-likeness (QED) is 0.287. The highest BCUT2D eigenvalue weighted by molar-refractivity contribution is 5.95. The summed E-state index contributed by atoms with van der Waals surface area (Å²) >= 11 is 0. The van der Waals surface area contributed by atoms with Crippen molar-refractivity contribution < 1.29 is 41.8 Å². The first-order valence-electron chi connectivity index (χ1n) is 13.4. The molecule has 3 atom stereocenters. The van der Waals surface area contributed by atoms with Gasteiger partial charge in [-0.2, -0.15) is 18.3 Å². The molecule has 14 heteroatoms. The minimum atomic E-state index is -4.90. The topological polar surface area (TPSA) is 149 Å². The van der Waals surface area contributed by atoms with Crippen molar-refractivity contribution in [1.29, 1.82) is 0 Å². The monoisotopic (exact) mass is 591 g/mol. The first-order chi connectivity index (χ1) is 19.8. The zero-order chi connectivity index (χ0) is 30.8. The molecule has 0 aliphatic heterocycles. The standard InChI is InChI=1S/C28H32F3N5O6/c1-14(2)23(27(40)41-4)34-25(39)21-12-32-26(42-21)18-7-5-6-17(10-18)19-11-20(24(38)33-15(3)16-8-9-16)36(35-19)13-22(37)28(29,30)31/h5-7,10-12,14-16,22-23,37H,8-9,13H2,1-4H3,(H,33,38)(H,34,39)/t15-,22?,23-/m0/s1. The van der Waals surface area contributed by atoms with Crippen LogP contribution in [0.5, 0.6) is 0 Å². The maximum absolute atomic E-state index is 13.1. The molecule has 11 nitrogen and oxygen atoms in total. The van der Waals surface area contributed by atoms with Crippen LogP contribution in [-0.4, -0.2) is 69.1 Å². The molecule has 0 spiro atoms. The minimum Gasteiger partial charge on any atom is -0.467 e. The molecule has 1 fully saturated rings. The van der Waals surface area contributed by atoms with Gasteiger partial charge in [0.1, 0.15) is 11.7 Å². The van der Waals surface area contributed by atoms with Crippen molar-refractivity contribution in [3.8, 4) is 22.7 Å². The molecule has 1 aromatic carbocycles. The molecule has 2 aromatic heterocycles. The number of carbonyl (C=O) groups is 3. The van der Waals surface area contributed by atoms with Crippen molar-refractivity contribution >= 4 is 17.8 Å². The molecule has 0 radical (unpaired) electrons. The third kappa shape index (κ3) is 7.16. The predicted octanol–water partition coefficient (Wildman–Crippen LogP) is 3.58. The van der Waals surface area contributed by atoms with Gasteiger partial charge in [0.2, 0.25) is 11.7 Å². The number of benzene rings is 1. The van der Waals surface area contributed by atoms with Gasteiger partial charge in [-0.1, -0.05) is 26.0 Å². The normalized spacial score (nSPS) is 15.6. The fourth-order valence-corrected chi connectivity index (χ4v) is 4.30. The Balaban J connectivity index is 1.59. The summed E-state index contributed by atoms with van der Waals surface area (Å²) in [4.78, 5) is 41.8. The fraction of sp³-hybridized carbons (Fsp3) is 0.464. The van der Waals surface area contributed by atoms with Crippen LogP contribution in [0.15, 0.2) is 40.9 Å². The third-order valence-corrected chi connectivity index (χ3v) is 6.97. The molecule has 42 heavy (non-hydrogen) atoms. The summed E-state index contributed by atoms with van der Waals surface area (Å²) in [6, 6.07) is 6.76. The molecule has 1 saturated carbocycles. The second-order valence-corrected chi connectivity index (χ2v) is 10.6. The Morgan fingerprint density at radius 3 is 2.43 bits per heavy atom. The summed E-state index contributed by atoms with van der Waals surface area (Å²) in [5, 5.41) is 19.2. The van der Waals surface area contributed by atoms with Crippen LogP contribution in [-0.2, 0) is 16.1 Å². The number of nitrogens with one attached hydrogen (secondary N) is 2. The van der Waals surface area contributed by atoms with Gasteiger partial charge in [0.15, 0.2) is 6.10 Å². The van der Waals surface area contributed by atoms with Crippen LogP contribution < -0.4 is 10.6 Å². The number of ether oxygens (including phenoxy) is 1. The second-order valence-electron chi connectivity index (χ2n) is 10.6. The summed E-state index contributed by atoms with van der Waals surface area (Å²) in [5.41, 5.74) is 0.884. The molecule has 4 rings (SSSR count). The number of nitrogens with zero attached hydrogens (tertiary/aromatic N) is 3. The van der Waals surface area contributed by atoms with E-state index in [1.54, 1.807) is 38.1 Å². The lowest BCUT2D eigenvalue weighted by Crippen LogP contribution is -2.44. The fourth-order valence-electron chi connectivity index (χ4n) is 4.30. The Morgan fingerprint density at radius 1 is 1.12 bits per heavy atom. The molecule has 0 saturated heterocycles. The molecular formula is C28H32F3N5O6. The van der Waals surface area contributed by atoms with Gasteiger partial charge < -0.3 is 24.9 Å². The number of aromatic nitrogens is 3. The lowest BCUT2D eigenvalue weighted by Gasteiger charge is -2.18. The number of alkyl halides is 3. The molecule has 3 N–H and O–H groups in total. The van der Waals surface area contributed by atoms with Crippen LogP contribution in [0.1, 0.15) is 54.7 Å². The zero-order valence-corrected chi connectivity index (χ0v) is 23.4. The Bertz CT molecular complexity index is 1450. The van der Waals surface area contributed by atoms with Crippen LogP contribution in [0.4, 0.5) is 13.2 Å². The summed E-state index contributed by atoms with van der Waals surface area (Å²) < 4.78 is 50.6. The Kier molecular flexibility index (Phi) is 9.04. The average molecular weight is 592 g/mol. The van der Waals surface area contributed by atoms with Gasteiger partial charge in [-0.3, -0.25) is 14.3 Å². The van der Waals surface area contributed by atoms with Gasteiger partial charge in [0.25, 0.3) is 11.8 Å². The lowest BCUT2D eigenvalue weighted by atomic mass is 10.0. The molecule has 0 bridgehead atoms. The van der Waals surface area contributed by atoms with E-state index in [0.29, 0.717) is 17.0 Å². The van der Waals surface area contributed by atoms with Crippen molar-refractivity contribution in [1.82, 2.24) is 25.4 Å². The average Bonchev–Trinajstić information content (AvgIpc) is 3.52. The second kappa shape index (κ2) is 12.3. The number of halogens is 3. The van der Waals surface area contributed by atoms with Crippen LogP contribution in [0.2, 0.25) is 0 Å². The molecule has 3 aromatic rings. The van der Waals surface area contributed by atoms with E-state index in [0.717, 1.165) is 17.5 Å². The number of rotatable bonds is 11. The largest absolute Gasteiger partial charge is 0.467 e. The Labute approximate surface area is 239 Å². The predicted molar refractivity (Wildman–Crippen MR) is 143 cm³/mol. The van der Waals surface area contributed by atoms with E-state index in [1.807, 2.05) is 6.92 Å². The number of aliphatic hydroxyl groups excluding tert-OH is 1. The number of esters is 1. The zero-order valence-electron chi connectivity index (χ0n) is 23.4. The van der Waals surface area contributed by atoms with Crippen LogP contribution in [0, 0.1) is 11.8 Å². The van der Waals surface area contributed by atoms with Crippen LogP contribution in [0.25, 0.3) is 22.7 Å². The Hall–Kier alpha value is -4.20. The van der Waals surface area contributed by atoms with Crippen molar-refractivity contribution in [3.05, 3.63) is 48.0 Å². The number of hydrogen-bond donors (Lipinski definition) is 3. The van der Waals surface area contributed by atoms with E-state index in [2.05, 4.69) is 20.7 Å². The molecule has 1 unspecified atom stereocenters. The first kappa shape index (κ1) is 30.8. The molecule has 2 amide bonds. The first-order valence-corrected chi connectivity index (χ1v) is 13.4. The molecule has 226 valence electrons. The van der Waals surface area contributed by atoms with E-state index < -0.39 is 42.7 Å². The highest BCUT2D eigenvalue weighted by atomic mass is 19.4. The molecule has 2 heterocycles. The summed E-state index contributed by atoms with van der Waals surface area (Å²) in [6.45, 7) is 4.35. The van der Waals surface area contributed by atoms with Crippen LogP contribution in [0.3, 0.4) is 0 Å². The van der Waals surface area contributed by atoms with Gasteiger partial charge in [0, 0.05) is 17.2 Å². The summed E-state index contributed by atoms with van der Waals surface area (Å²) in [7, 11) is 1.22. The van der Waals surface area contributed by atoms with E-state index >= 15 is 0 Å². The maximum atomic E-state index is 13.1. The smallest absolute Gasteiger partial charge is 0.416 e. The van der Waals surface area contributed by atoms with Gasteiger partial charge >= 0.3 is 12.1 Å². The maximum Gasteiger partial charge on any atom is 0.416 e. The highest BCUT2D eigenvalue weighted by Crippen LogP contribution is 2.33. The summed E-state index contributed by atoms with van der Waals surface area (Å²) in [5.74, 6) is -1.92. The lowest BCUT2D eigenvalue weighted by molar-refractivity contribution is -0.208. The van der Waals surface area contributed by atoms with E-state index in [-0.39, 0.29) is 35.0 Å². The van der Waals surface area contributed by atoms with Gasteiger partial charge in [-0.05, 0) is 49.8 Å². The molecular weight excluding hydrogens is 559 g/mol. The van der Waals surface area contributed by atoms with E-state index in [4.69, 9.17) is 9.15 Å². The number of oxazole rings is 1. The van der Waals surface area contributed by atoms with Gasteiger partial charge in [0.05, 0.1) is 25.5 Å². The van der Waals surface area contributed by atoms with Gasteiger partial charge in [-0.15, -0.1) is 0 Å². The van der Waals surface area contributed by atoms with E-state index in [9.17, 15) is 32.7 Å². The SMILES string of the molecule is COC(=O)[C@@H](NC(=O)c1cnc(-c2cccc(-c3cc(C(=O)N[C@@H](C)C4CC4)n(CC(O)C(F)(F)F)n3)c2)o1)C(C)C. The number of carbonyl (C=O) groups excluding carboxylic acids is 3. The summed E-state index contributed by atoms with van der Waals surface area (Å²) in [6.07, 6.45) is -4.51. The molecule has 1 aliphatic carbocycles. The number of methoxy groups -OCH3 is 1. The van der Waals surface area contributed by atoms with Crippen LogP contribution >= 0.6 is 0 Å². The van der Waals surface area contributed by atoms with Crippen molar-refractivity contribution in [2.24, 2.45) is 11.8 Å². The highest BCUT2D eigenvalue weighted by Gasteiger charge is 2.39. The minimum absolute atomic E-state index is 0.0596. The number of aliphatic hydroxyl groups is 1. The van der Waals surface area contributed by atoms with Crippen molar-refractivity contribution in [2.45, 2.75) is 64.5 Å².